The van der Waals surface area contributed by atoms with Gasteiger partial charge in [0.15, 0.2) is 0 Å². The molecule has 0 spiro atoms. The third-order valence-corrected chi connectivity index (χ3v) is 3.92. The van der Waals surface area contributed by atoms with Gasteiger partial charge in [-0.15, -0.1) is 0 Å². The molecule has 0 aliphatic heterocycles. The van der Waals surface area contributed by atoms with Crippen molar-refractivity contribution in [3.8, 4) is 0 Å². The van der Waals surface area contributed by atoms with Crippen molar-refractivity contribution in [1.29, 1.82) is 0 Å². The minimum atomic E-state index is -0.718. The highest BCUT2D eigenvalue weighted by Gasteiger charge is 2.05. The van der Waals surface area contributed by atoms with Crippen molar-refractivity contribution in [3.05, 3.63) is 23.7 Å². The molecule has 0 aliphatic rings. The number of furan rings is 1. The maximum atomic E-state index is 11.1. The van der Waals surface area contributed by atoms with E-state index < -0.39 is 10.8 Å². The zero-order valence-electron chi connectivity index (χ0n) is 9.58. The average Bonchev–Trinajstić information content (AvgIpc) is 2.58. The Balaban J connectivity index is 2.17. The highest BCUT2D eigenvalue weighted by Crippen LogP contribution is 2.07. The lowest BCUT2D eigenvalue weighted by Gasteiger charge is -2.08. The van der Waals surface area contributed by atoms with Gasteiger partial charge in [0, 0.05) is 22.3 Å². The maximum absolute atomic E-state index is 11.1. The third-order valence-electron chi connectivity index (χ3n) is 2.55. The predicted octanol–water partition coefficient (Wildman–Crippen LogP) is 1.83. The van der Waals surface area contributed by atoms with Crippen molar-refractivity contribution in [2.24, 2.45) is 0 Å². The Morgan fingerprint density at radius 3 is 2.87 bits per heavy atom. The first kappa shape index (κ1) is 12.5. The largest absolute Gasteiger partial charge is 0.468 e. The van der Waals surface area contributed by atoms with Crippen molar-refractivity contribution >= 4 is 10.8 Å². The second-order valence-electron chi connectivity index (χ2n) is 3.80. The van der Waals surface area contributed by atoms with Gasteiger partial charge >= 0.3 is 0 Å². The van der Waals surface area contributed by atoms with Gasteiger partial charge in [0.25, 0.3) is 0 Å². The summed E-state index contributed by atoms with van der Waals surface area (Å²) in [6, 6.07) is 1.96. The van der Waals surface area contributed by atoms with Crippen LogP contribution in [0.2, 0.25) is 0 Å². The summed E-state index contributed by atoms with van der Waals surface area (Å²) in [4.78, 5) is 0. The van der Waals surface area contributed by atoms with Crippen LogP contribution >= 0.6 is 0 Å². The number of nitrogens with one attached hydrogen (secondary N) is 1. The Hall–Kier alpha value is -0.610. The summed E-state index contributed by atoms with van der Waals surface area (Å²) >= 11 is 0. The van der Waals surface area contributed by atoms with E-state index in [1.165, 1.54) is 5.56 Å². The second-order valence-corrected chi connectivity index (χ2v) is 5.60. The summed E-state index contributed by atoms with van der Waals surface area (Å²) in [5.74, 6) is 0.986. The molecule has 1 N–H and O–H groups in total. The van der Waals surface area contributed by atoms with Crippen LogP contribution in [0, 0.1) is 6.92 Å². The Morgan fingerprint density at radius 1 is 1.60 bits per heavy atom. The minimum Gasteiger partial charge on any atom is -0.468 e. The van der Waals surface area contributed by atoms with Crippen molar-refractivity contribution in [2.75, 3.05) is 12.8 Å². The number of rotatable bonds is 6. The Bertz CT molecular complexity index is 322. The molecule has 0 bridgehead atoms. The van der Waals surface area contributed by atoms with E-state index in [1.807, 2.05) is 19.9 Å². The van der Waals surface area contributed by atoms with E-state index in [-0.39, 0.29) is 5.25 Å². The highest BCUT2D eigenvalue weighted by molar-refractivity contribution is 7.84. The number of aryl methyl sites for hydroxylation is 1. The highest BCUT2D eigenvalue weighted by atomic mass is 32.2. The van der Waals surface area contributed by atoms with E-state index in [4.69, 9.17) is 4.42 Å². The van der Waals surface area contributed by atoms with Gasteiger partial charge in [-0.3, -0.25) is 4.21 Å². The van der Waals surface area contributed by atoms with Gasteiger partial charge in [0.2, 0.25) is 0 Å². The molecule has 0 amide bonds. The summed E-state index contributed by atoms with van der Waals surface area (Å²) in [5.41, 5.74) is 1.18. The molecule has 4 heteroatoms. The monoisotopic (exact) mass is 229 g/mol. The molecule has 0 fully saturated rings. The molecule has 86 valence electrons. The Labute approximate surface area is 93.7 Å². The lowest BCUT2D eigenvalue weighted by atomic mass is 10.3. The van der Waals surface area contributed by atoms with Crippen LogP contribution in [0.3, 0.4) is 0 Å². The van der Waals surface area contributed by atoms with Crippen LogP contribution in [0.1, 0.15) is 24.7 Å². The first-order chi connectivity index (χ1) is 7.11. The molecule has 3 nitrogen and oxygen atoms in total. The van der Waals surface area contributed by atoms with Gasteiger partial charge in [-0.1, -0.05) is 6.92 Å². The van der Waals surface area contributed by atoms with Gasteiger partial charge in [-0.25, -0.2) is 0 Å². The molecule has 1 aromatic rings. The van der Waals surface area contributed by atoms with E-state index in [9.17, 15) is 4.21 Å². The molecule has 0 radical (unpaired) electrons. The van der Waals surface area contributed by atoms with Gasteiger partial charge in [-0.05, 0) is 31.5 Å². The predicted molar refractivity (Wildman–Crippen MR) is 63.3 cm³/mol. The summed E-state index contributed by atoms with van der Waals surface area (Å²) < 4.78 is 16.4. The molecular formula is C11H19NO2S. The molecule has 15 heavy (non-hydrogen) atoms. The van der Waals surface area contributed by atoms with Gasteiger partial charge in [0.1, 0.15) is 5.76 Å². The zero-order valence-corrected chi connectivity index (χ0v) is 10.4. The number of hydrogen-bond acceptors (Lipinski definition) is 3. The summed E-state index contributed by atoms with van der Waals surface area (Å²) in [6.45, 7) is 5.67. The second kappa shape index (κ2) is 6.08. The van der Waals surface area contributed by atoms with Crippen LogP contribution < -0.4 is 5.32 Å². The minimum absolute atomic E-state index is 0.259. The van der Waals surface area contributed by atoms with E-state index in [1.54, 1.807) is 12.5 Å². The fourth-order valence-electron chi connectivity index (χ4n) is 1.26. The number of hydrogen-bond donors (Lipinski definition) is 1. The van der Waals surface area contributed by atoms with Crippen molar-refractivity contribution in [3.63, 3.8) is 0 Å². The van der Waals surface area contributed by atoms with Crippen LogP contribution in [-0.2, 0) is 17.3 Å². The fourth-order valence-corrected chi connectivity index (χ4v) is 1.71. The first-order valence-electron chi connectivity index (χ1n) is 5.17. The van der Waals surface area contributed by atoms with Crippen LogP contribution in [0.15, 0.2) is 16.7 Å². The smallest absolute Gasteiger partial charge is 0.120 e. The summed E-state index contributed by atoms with van der Waals surface area (Å²) in [7, 11) is -0.718. The molecule has 0 aliphatic carbocycles. The van der Waals surface area contributed by atoms with Crippen LogP contribution in [-0.4, -0.2) is 22.3 Å². The Morgan fingerprint density at radius 2 is 2.33 bits per heavy atom. The standard InChI is InChI=1S/C11H19NO2S/c1-9-5-7-14-11(9)8-12-6-4-10(2)15(3)13/h5,7,10,12H,4,6,8H2,1-3H3. The van der Waals surface area contributed by atoms with Crippen molar-refractivity contribution in [2.45, 2.75) is 32.1 Å². The van der Waals surface area contributed by atoms with E-state index in [0.717, 1.165) is 25.3 Å². The maximum Gasteiger partial charge on any atom is 0.120 e. The molecule has 0 saturated carbocycles. The average molecular weight is 229 g/mol. The molecule has 1 aromatic heterocycles. The van der Waals surface area contributed by atoms with E-state index in [2.05, 4.69) is 5.32 Å². The van der Waals surface area contributed by atoms with Crippen LogP contribution in [0.25, 0.3) is 0 Å². The quantitative estimate of drug-likeness (QED) is 0.757. The zero-order chi connectivity index (χ0) is 11.3. The van der Waals surface area contributed by atoms with Gasteiger partial charge < -0.3 is 9.73 Å². The SMILES string of the molecule is Cc1ccoc1CNCCC(C)S(C)=O. The molecule has 2 unspecified atom stereocenters. The molecule has 1 heterocycles. The van der Waals surface area contributed by atoms with Crippen LogP contribution in [0.5, 0.6) is 0 Å². The van der Waals surface area contributed by atoms with E-state index >= 15 is 0 Å². The normalized spacial score (nSPS) is 15.1. The Kier molecular flexibility index (Phi) is 5.05. The van der Waals surface area contributed by atoms with Crippen LogP contribution in [0.4, 0.5) is 0 Å². The third kappa shape index (κ3) is 4.18. The molecule has 2 atom stereocenters. The first-order valence-corrected chi connectivity index (χ1v) is 6.79. The lowest BCUT2D eigenvalue weighted by Crippen LogP contribution is -2.21. The molecular weight excluding hydrogens is 210 g/mol. The molecule has 0 aromatic carbocycles. The topological polar surface area (TPSA) is 42.2 Å². The summed E-state index contributed by atoms with van der Waals surface area (Å²) in [5, 5.41) is 3.55. The van der Waals surface area contributed by atoms with Crippen molar-refractivity contribution in [1.82, 2.24) is 5.32 Å². The fraction of sp³-hybridized carbons (Fsp3) is 0.636. The summed E-state index contributed by atoms with van der Waals surface area (Å²) in [6.07, 6.45) is 4.39. The lowest BCUT2D eigenvalue weighted by molar-refractivity contribution is 0.478. The van der Waals surface area contributed by atoms with Gasteiger partial charge in [-0.2, -0.15) is 0 Å². The van der Waals surface area contributed by atoms with Gasteiger partial charge in [0.05, 0.1) is 12.8 Å². The van der Waals surface area contributed by atoms with Crippen molar-refractivity contribution < 1.29 is 8.63 Å². The van der Waals surface area contributed by atoms with E-state index in [0.29, 0.717) is 0 Å². The molecule has 0 saturated heterocycles. The molecule has 1 rings (SSSR count).